The van der Waals surface area contributed by atoms with Gasteiger partial charge in [-0.05, 0) is 0 Å². The quantitative estimate of drug-likeness (QED) is 0.506. The van der Waals surface area contributed by atoms with Crippen LogP contribution in [-0.4, -0.2) is 29.0 Å². The minimum absolute atomic E-state index is 1.23. The average molecular weight is 318 g/mol. The molecule has 0 spiro atoms. The third-order valence-corrected chi connectivity index (χ3v) is 49.3. The van der Waals surface area contributed by atoms with Gasteiger partial charge in [0.25, 0.3) is 0 Å². The second-order valence-electron chi connectivity index (χ2n) is 6.89. The summed E-state index contributed by atoms with van der Waals surface area (Å²) in [5.41, 5.74) is 1.41. The lowest BCUT2D eigenvalue weighted by Crippen LogP contribution is -2.61. The predicted octanol–water partition coefficient (Wildman–Crippen LogP) is 4.99. The minimum Gasteiger partial charge on any atom is -0.171 e. The first-order valence-corrected chi connectivity index (χ1v) is 22.0. The Morgan fingerprint density at radius 2 is 0.800 bits per heavy atom. The standard InChI is InChI=1S/C9H26Cl2Si4/c1-12(2,14(5,6)10)9-13(3,4)15(7,8)11/h9H2,1-8H3. The summed E-state index contributed by atoms with van der Waals surface area (Å²) in [4.78, 5) is 0. The van der Waals surface area contributed by atoms with Gasteiger partial charge in [-0.25, -0.2) is 0 Å². The molecular formula is C9H26Cl2Si4. The monoisotopic (exact) mass is 316 g/mol. The van der Waals surface area contributed by atoms with E-state index >= 15 is 0 Å². The highest BCUT2D eigenvalue weighted by molar-refractivity contribution is 7.65. The molecule has 0 radical (unpaired) electrons. The molecule has 0 aromatic carbocycles. The fourth-order valence-electron chi connectivity index (χ4n) is 1.53. The van der Waals surface area contributed by atoms with Crippen molar-refractivity contribution in [3.63, 3.8) is 0 Å². The Morgan fingerprint density at radius 3 is 0.933 bits per heavy atom. The molecule has 0 amide bonds. The van der Waals surface area contributed by atoms with E-state index in [0.29, 0.717) is 0 Å². The molecule has 0 nitrogen and oxygen atoms in total. The average Bonchev–Trinajstić information content (AvgIpc) is 1.77. The van der Waals surface area contributed by atoms with Gasteiger partial charge in [0.2, 0.25) is 0 Å². The molecule has 0 bridgehead atoms. The van der Waals surface area contributed by atoms with Crippen molar-refractivity contribution in [3.8, 4) is 0 Å². The van der Waals surface area contributed by atoms with Crippen LogP contribution in [0.3, 0.4) is 0 Å². The van der Waals surface area contributed by atoms with Crippen molar-refractivity contribution in [2.75, 3.05) is 0 Å². The molecule has 0 aliphatic carbocycles. The summed E-state index contributed by atoms with van der Waals surface area (Å²) in [7, 11) is -2.47. The number of rotatable bonds is 4. The zero-order valence-electron chi connectivity index (χ0n) is 11.5. The van der Waals surface area contributed by atoms with Crippen molar-refractivity contribution < 1.29 is 0 Å². The SMILES string of the molecule is C[Si](C)(Cl)[Si](C)(C)C[Si](C)(C)[Si](C)(C)Cl. The van der Waals surface area contributed by atoms with Crippen molar-refractivity contribution in [2.45, 2.75) is 58.0 Å². The zero-order chi connectivity index (χ0) is 12.7. The molecule has 0 aliphatic rings. The Hall–Kier alpha value is 1.45. The first-order valence-electron chi connectivity index (χ1n) is 5.59. The van der Waals surface area contributed by atoms with Gasteiger partial charge in [-0.15, -0.1) is 0 Å². The second kappa shape index (κ2) is 4.61. The normalized spacial score (nSPS) is 15.6. The lowest BCUT2D eigenvalue weighted by Gasteiger charge is -2.42. The van der Waals surface area contributed by atoms with E-state index in [1.807, 2.05) is 0 Å². The molecule has 0 saturated heterocycles. The van der Waals surface area contributed by atoms with Crippen LogP contribution in [0, 0.1) is 0 Å². The van der Waals surface area contributed by atoms with Gasteiger partial charge < -0.3 is 0 Å². The lowest BCUT2D eigenvalue weighted by molar-refractivity contribution is 1.60. The van der Waals surface area contributed by atoms with Crippen molar-refractivity contribution in [2.24, 2.45) is 0 Å². The van der Waals surface area contributed by atoms with Crippen LogP contribution in [0.1, 0.15) is 0 Å². The highest BCUT2D eigenvalue weighted by atomic mass is 35.6. The van der Waals surface area contributed by atoms with Gasteiger partial charge in [-0.1, -0.05) is 58.0 Å². The Bertz CT molecular complexity index is 201. The third-order valence-electron chi connectivity index (χ3n) is 4.10. The summed E-state index contributed by atoms with van der Waals surface area (Å²) in [5.74, 6) is 0. The molecule has 0 aliphatic heterocycles. The van der Waals surface area contributed by atoms with Gasteiger partial charge in [0.15, 0.2) is 0 Å². The molecule has 0 aromatic heterocycles. The van der Waals surface area contributed by atoms with Crippen LogP contribution in [0.2, 0.25) is 58.0 Å². The molecule has 15 heavy (non-hydrogen) atoms. The van der Waals surface area contributed by atoms with E-state index in [1.54, 1.807) is 0 Å². The zero-order valence-corrected chi connectivity index (χ0v) is 17.0. The molecular weight excluding hydrogens is 291 g/mol. The number of hydrogen-bond donors (Lipinski definition) is 0. The Balaban J connectivity index is 4.89. The van der Waals surface area contributed by atoms with Crippen molar-refractivity contribution in [1.29, 1.82) is 0 Å². The molecule has 0 aromatic rings. The first kappa shape index (κ1) is 16.4. The van der Waals surface area contributed by atoms with Gasteiger partial charge >= 0.3 is 0 Å². The van der Waals surface area contributed by atoms with Crippen LogP contribution in [0.5, 0.6) is 0 Å². The fourth-order valence-corrected chi connectivity index (χ4v) is 34.4. The summed E-state index contributed by atoms with van der Waals surface area (Å²) >= 11 is 13.4. The van der Waals surface area contributed by atoms with Gasteiger partial charge in [0.05, 0.1) is 15.2 Å². The summed E-state index contributed by atoms with van der Waals surface area (Å²) in [6.45, 7) is 16.2. The van der Waals surface area contributed by atoms with Gasteiger partial charge in [-0.3, -0.25) is 0 Å². The highest BCUT2D eigenvalue weighted by Crippen LogP contribution is 2.35. The molecule has 0 heterocycles. The van der Waals surface area contributed by atoms with Crippen LogP contribution in [0.25, 0.3) is 0 Å². The summed E-state index contributed by atoms with van der Waals surface area (Å²) in [5, 5.41) is 0. The van der Waals surface area contributed by atoms with E-state index in [-0.39, 0.29) is 0 Å². The van der Waals surface area contributed by atoms with E-state index < -0.39 is 29.0 Å². The number of hydrogen-bond acceptors (Lipinski definition) is 0. The van der Waals surface area contributed by atoms with Crippen LogP contribution >= 0.6 is 22.2 Å². The maximum atomic E-state index is 6.68. The van der Waals surface area contributed by atoms with E-state index in [4.69, 9.17) is 22.2 Å². The summed E-state index contributed by atoms with van der Waals surface area (Å²) in [6.07, 6.45) is 0. The molecule has 92 valence electrons. The molecule has 0 atom stereocenters. The molecule has 0 N–H and O–H groups in total. The molecule has 0 fully saturated rings. The summed E-state index contributed by atoms with van der Waals surface area (Å²) in [6, 6.07) is 0. The van der Waals surface area contributed by atoms with E-state index in [0.717, 1.165) is 0 Å². The molecule has 0 rings (SSSR count). The van der Waals surface area contributed by atoms with E-state index in [2.05, 4.69) is 52.4 Å². The van der Waals surface area contributed by atoms with Gasteiger partial charge in [0, 0.05) is 0 Å². The Kier molecular flexibility index (Phi) is 5.05. The highest BCUT2D eigenvalue weighted by Gasteiger charge is 2.49. The van der Waals surface area contributed by atoms with Gasteiger partial charge in [0.1, 0.15) is 13.8 Å². The predicted molar refractivity (Wildman–Crippen MR) is 86.4 cm³/mol. The second-order valence-corrected chi connectivity index (χ2v) is 44.9. The fraction of sp³-hybridized carbons (Fsp3) is 1.00. The van der Waals surface area contributed by atoms with Crippen LogP contribution in [-0.2, 0) is 0 Å². The third kappa shape index (κ3) is 4.31. The number of halogens is 2. The molecule has 0 unspecified atom stereocenters. The lowest BCUT2D eigenvalue weighted by atomic mass is 11.8. The Labute approximate surface area is 109 Å². The van der Waals surface area contributed by atoms with E-state index in [1.165, 1.54) is 5.67 Å². The summed E-state index contributed by atoms with van der Waals surface area (Å²) < 4.78 is 0. The van der Waals surface area contributed by atoms with Crippen molar-refractivity contribution >= 4 is 51.1 Å². The minimum atomic E-state index is -1.46. The topological polar surface area (TPSA) is 0 Å². The largest absolute Gasteiger partial charge is 0.171 e. The van der Waals surface area contributed by atoms with Crippen LogP contribution in [0.15, 0.2) is 0 Å². The van der Waals surface area contributed by atoms with Crippen molar-refractivity contribution in [1.82, 2.24) is 0 Å². The van der Waals surface area contributed by atoms with Crippen LogP contribution < -0.4 is 0 Å². The van der Waals surface area contributed by atoms with Crippen LogP contribution in [0.4, 0.5) is 0 Å². The first-order chi connectivity index (χ1) is 6.21. The smallest absolute Gasteiger partial charge is 0.140 e. The van der Waals surface area contributed by atoms with E-state index in [9.17, 15) is 0 Å². The molecule has 6 heteroatoms. The van der Waals surface area contributed by atoms with Crippen molar-refractivity contribution in [3.05, 3.63) is 0 Å². The maximum Gasteiger partial charge on any atom is 0.140 e. The van der Waals surface area contributed by atoms with Gasteiger partial charge in [-0.2, -0.15) is 22.2 Å². The molecule has 0 saturated carbocycles. The Morgan fingerprint density at radius 1 is 0.600 bits per heavy atom. The maximum absolute atomic E-state index is 6.68.